The predicted molar refractivity (Wildman–Crippen MR) is 68.9 cm³/mol. The molecule has 2 rings (SSSR count). The number of anilines is 1. The van der Waals surface area contributed by atoms with Crippen molar-refractivity contribution in [2.75, 3.05) is 5.32 Å². The van der Waals surface area contributed by atoms with E-state index in [0.717, 1.165) is 24.1 Å². The molecule has 0 atom stereocenters. The number of nitrogens with two attached hydrogens (primary N) is 1. The second-order valence-corrected chi connectivity index (χ2v) is 4.52. The van der Waals surface area contributed by atoms with Gasteiger partial charge in [0.1, 0.15) is 0 Å². The molecule has 0 unspecified atom stereocenters. The molecule has 90 valence electrons. The summed E-state index contributed by atoms with van der Waals surface area (Å²) < 4.78 is 0. The molecule has 1 aromatic carbocycles. The van der Waals surface area contributed by atoms with E-state index in [1.54, 1.807) is 0 Å². The van der Waals surface area contributed by atoms with Crippen molar-refractivity contribution in [2.24, 2.45) is 5.73 Å². The molecule has 1 aliphatic carbocycles. The lowest BCUT2D eigenvalue weighted by molar-refractivity contribution is 0.188. The van der Waals surface area contributed by atoms with Gasteiger partial charge in [-0.1, -0.05) is 12.1 Å². The first-order valence-corrected chi connectivity index (χ1v) is 5.61. The van der Waals surface area contributed by atoms with Crippen molar-refractivity contribution in [3.63, 3.8) is 0 Å². The second-order valence-electron chi connectivity index (χ2n) is 4.08. The number of rotatable bonds is 3. The topological polar surface area (TPSA) is 87.4 Å². The zero-order valence-electron chi connectivity index (χ0n) is 9.06. The van der Waals surface area contributed by atoms with Gasteiger partial charge >= 0.3 is 6.09 Å². The molecule has 6 heteroatoms. The number of carboxylic acid groups (broad SMARTS) is 1. The fourth-order valence-electron chi connectivity index (χ4n) is 1.85. The standard InChI is InChI=1S/C11H13N3O2S/c12-9(17)13-8-3-1-2-7(6-8)11(4-5-11)14-10(15)16/h1-3,6,14H,4-5H2,(H,15,16)(H3,12,13,17). The molecule has 1 amide bonds. The molecule has 0 aliphatic heterocycles. The van der Waals surface area contributed by atoms with E-state index in [2.05, 4.69) is 10.6 Å². The van der Waals surface area contributed by atoms with E-state index >= 15 is 0 Å². The average molecular weight is 251 g/mol. The number of thiocarbonyl (C=S) groups is 1. The Hall–Kier alpha value is -1.82. The Bertz CT molecular complexity index is 472. The summed E-state index contributed by atoms with van der Waals surface area (Å²) in [5, 5.41) is 14.4. The number of nitrogens with one attached hydrogen (secondary N) is 2. The third-order valence-corrected chi connectivity index (χ3v) is 2.88. The van der Waals surface area contributed by atoms with Crippen molar-refractivity contribution in [1.82, 2.24) is 5.32 Å². The first kappa shape index (κ1) is 11.7. The normalized spacial score (nSPS) is 16.0. The fourth-order valence-corrected chi connectivity index (χ4v) is 1.97. The molecule has 0 heterocycles. The molecule has 0 aromatic heterocycles. The van der Waals surface area contributed by atoms with Crippen LogP contribution in [0.2, 0.25) is 0 Å². The highest BCUT2D eigenvalue weighted by atomic mass is 32.1. The van der Waals surface area contributed by atoms with E-state index in [0.29, 0.717) is 0 Å². The molecule has 17 heavy (non-hydrogen) atoms. The largest absolute Gasteiger partial charge is 0.465 e. The van der Waals surface area contributed by atoms with Gasteiger partial charge in [-0.25, -0.2) is 4.79 Å². The quantitative estimate of drug-likeness (QED) is 0.613. The Kier molecular flexibility index (Phi) is 2.89. The highest BCUT2D eigenvalue weighted by Crippen LogP contribution is 2.45. The lowest BCUT2D eigenvalue weighted by Crippen LogP contribution is -2.33. The van der Waals surface area contributed by atoms with Gasteiger partial charge in [-0.15, -0.1) is 0 Å². The van der Waals surface area contributed by atoms with Crippen LogP contribution >= 0.6 is 12.2 Å². The molecular formula is C11H13N3O2S. The van der Waals surface area contributed by atoms with Crippen molar-refractivity contribution in [2.45, 2.75) is 18.4 Å². The SMILES string of the molecule is NC(=S)Nc1cccc(C2(NC(=O)O)CC2)c1. The summed E-state index contributed by atoms with van der Waals surface area (Å²) in [7, 11) is 0. The van der Waals surface area contributed by atoms with Gasteiger partial charge in [0.25, 0.3) is 0 Å². The van der Waals surface area contributed by atoms with Gasteiger partial charge in [-0.2, -0.15) is 0 Å². The first-order valence-electron chi connectivity index (χ1n) is 5.20. The van der Waals surface area contributed by atoms with E-state index in [1.165, 1.54) is 0 Å². The molecule has 1 aliphatic rings. The van der Waals surface area contributed by atoms with Crippen molar-refractivity contribution < 1.29 is 9.90 Å². The average Bonchev–Trinajstić information content (AvgIpc) is 2.97. The van der Waals surface area contributed by atoms with Crippen molar-refractivity contribution in [3.8, 4) is 0 Å². The Balaban J connectivity index is 2.21. The van der Waals surface area contributed by atoms with E-state index in [4.69, 9.17) is 23.1 Å². The van der Waals surface area contributed by atoms with E-state index < -0.39 is 11.6 Å². The molecule has 0 bridgehead atoms. The van der Waals surface area contributed by atoms with Gasteiger partial charge in [0.05, 0.1) is 5.54 Å². The maximum atomic E-state index is 10.7. The van der Waals surface area contributed by atoms with Crippen LogP contribution < -0.4 is 16.4 Å². The summed E-state index contributed by atoms with van der Waals surface area (Å²) in [6.07, 6.45) is 0.626. The van der Waals surface area contributed by atoms with E-state index in [9.17, 15) is 4.79 Å². The molecule has 1 fully saturated rings. The van der Waals surface area contributed by atoms with Crippen molar-refractivity contribution in [3.05, 3.63) is 29.8 Å². The highest BCUT2D eigenvalue weighted by Gasteiger charge is 2.45. The van der Waals surface area contributed by atoms with Crippen LogP contribution in [0, 0.1) is 0 Å². The van der Waals surface area contributed by atoms with Crippen LogP contribution in [0.3, 0.4) is 0 Å². The Morgan fingerprint density at radius 2 is 2.18 bits per heavy atom. The molecule has 0 spiro atoms. The minimum absolute atomic E-state index is 0.193. The minimum Gasteiger partial charge on any atom is -0.465 e. The summed E-state index contributed by atoms with van der Waals surface area (Å²) in [6, 6.07) is 7.44. The van der Waals surface area contributed by atoms with Crippen LogP contribution in [0.25, 0.3) is 0 Å². The molecule has 0 saturated heterocycles. The molecule has 1 saturated carbocycles. The summed E-state index contributed by atoms with van der Waals surface area (Å²) >= 11 is 4.76. The highest BCUT2D eigenvalue weighted by molar-refractivity contribution is 7.80. The van der Waals surface area contributed by atoms with Crippen LogP contribution in [0.15, 0.2) is 24.3 Å². The van der Waals surface area contributed by atoms with Crippen LogP contribution in [-0.4, -0.2) is 16.3 Å². The van der Waals surface area contributed by atoms with Gasteiger partial charge in [0.15, 0.2) is 5.11 Å². The number of carbonyl (C=O) groups is 1. The Morgan fingerprint density at radius 1 is 1.47 bits per heavy atom. The van der Waals surface area contributed by atoms with Crippen molar-refractivity contribution in [1.29, 1.82) is 0 Å². The van der Waals surface area contributed by atoms with Gasteiger partial charge in [0.2, 0.25) is 0 Å². The number of benzene rings is 1. The third-order valence-electron chi connectivity index (χ3n) is 2.78. The zero-order valence-corrected chi connectivity index (χ0v) is 9.88. The number of hydrogen-bond donors (Lipinski definition) is 4. The predicted octanol–water partition coefficient (Wildman–Crippen LogP) is 1.60. The monoisotopic (exact) mass is 251 g/mol. The molecule has 1 aromatic rings. The molecule has 5 nitrogen and oxygen atoms in total. The summed E-state index contributed by atoms with van der Waals surface area (Å²) in [4.78, 5) is 10.7. The maximum absolute atomic E-state index is 10.7. The summed E-state index contributed by atoms with van der Waals surface area (Å²) in [5.74, 6) is 0. The summed E-state index contributed by atoms with van der Waals surface area (Å²) in [5.41, 5.74) is 6.66. The zero-order chi connectivity index (χ0) is 12.5. The van der Waals surface area contributed by atoms with Crippen LogP contribution in [-0.2, 0) is 5.54 Å². The molecular weight excluding hydrogens is 238 g/mol. The molecule has 0 radical (unpaired) electrons. The third kappa shape index (κ3) is 2.65. The van der Waals surface area contributed by atoms with Gasteiger partial charge in [-0.3, -0.25) is 0 Å². The van der Waals surface area contributed by atoms with Gasteiger partial charge in [0, 0.05) is 5.69 Å². The lowest BCUT2D eigenvalue weighted by Gasteiger charge is -2.16. The first-order chi connectivity index (χ1) is 8.02. The van der Waals surface area contributed by atoms with E-state index in [1.807, 2.05) is 24.3 Å². The molecule has 5 N–H and O–H groups in total. The van der Waals surface area contributed by atoms with Crippen LogP contribution in [0.4, 0.5) is 10.5 Å². The fraction of sp³-hybridized carbons (Fsp3) is 0.273. The number of hydrogen-bond acceptors (Lipinski definition) is 2. The summed E-state index contributed by atoms with van der Waals surface area (Å²) in [6.45, 7) is 0. The van der Waals surface area contributed by atoms with Crippen LogP contribution in [0.5, 0.6) is 0 Å². The Morgan fingerprint density at radius 3 is 2.71 bits per heavy atom. The van der Waals surface area contributed by atoms with Gasteiger partial charge in [-0.05, 0) is 42.8 Å². The maximum Gasteiger partial charge on any atom is 0.405 e. The van der Waals surface area contributed by atoms with Crippen LogP contribution in [0.1, 0.15) is 18.4 Å². The van der Waals surface area contributed by atoms with Gasteiger partial charge < -0.3 is 21.5 Å². The number of amides is 1. The van der Waals surface area contributed by atoms with Crippen molar-refractivity contribution >= 4 is 29.1 Å². The van der Waals surface area contributed by atoms with E-state index in [-0.39, 0.29) is 5.11 Å². The second kappa shape index (κ2) is 4.21. The smallest absolute Gasteiger partial charge is 0.405 e. The Labute approximate surface area is 104 Å². The lowest BCUT2D eigenvalue weighted by atomic mass is 10.0. The minimum atomic E-state index is -1.00.